The summed E-state index contributed by atoms with van der Waals surface area (Å²) in [6, 6.07) is 14.6. The SMILES string of the molecule is CCc1ccc(NC(=O)C(=O)Nc2ccc(I)cc2)cc1. The predicted octanol–water partition coefficient (Wildman–Crippen LogP) is 3.43. The van der Waals surface area contributed by atoms with E-state index < -0.39 is 11.8 Å². The van der Waals surface area contributed by atoms with Crippen molar-refractivity contribution in [2.24, 2.45) is 0 Å². The first-order valence-corrected chi connectivity index (χ1v) is 7.63. The van der Waals surface area contributed by atoms with Crippen molar-refractivity contribution in [2.75, 3.05) is 10.6 Å². The molecule has 4 nitrogen and oxygen atoms in total. The fraction of sp³-hybridized carbons (Fsp3) is 0.125. The number of hydrogen-bond acceptors (Lipinski definition) is 2. The van der Waals surface area contributed by atoms with Gasteiger partial charge in [0, 0.05) is 14.9 Å². The van der Waals surface area contributed by atoms with E-state index >= 15 is 0 Å². The van der Waals surface area contributed by atoms with Crippen LogP contribution in [0.15, 0.2) is 48.5 Å². The van der Waals surface area contributed by atoms with E-state index in [0.717, 1.165) is 9.99 Å². The van der Waals surface area contributed by atoms with Gasteiger partial charge in [-0.1, -0.05) is 19.1 Å². The van der Waals surface area contributed by atoms with Crippen LogP contribution in [0.5, 0.6) is 0 Å². The van der Waals surface area contributed by atoms with Crippen molar-refractivity contribution in [3.8, 4) is 0 Å². The van der Waals surface area contributed by atoms with Crippen molar-refractivity contribution >= 4 is 45.8 Å². The third-order valence-corrected chi connectivity index (χ3v) is 3.65. The molecule has 0 unspecified atom stereocenters. The first-order chi connectivity index (χ1) is 10.1. The molecule has 0 heterocycles. The van der Waals surface area contributed by atoms with Crippen LogP contribution >= 0.6 is 22.6 Å². The lowest BCUT2D eigenvalue weighted by atomic mass is 10.1. The van der Waals surface area contributed by atoms with Crippen molar-refractivity contribution in [3.05, 3.63) is 57.7 Å². The van der Waals surface area contributed by atoms with E-state index in [0.29, 0.717) is 11.4 Å². The Morgan fingerprint density at radius 2 is 1.29 bits per heavy atom. The fourth-order valence-corrected chi connectivity index (χ4v) is 2.09. The lowest BCUT2D eigenvalue weighted by molar-refractivity contribution is -0.132. The van der Waals surface area contributed by atoms with Crippen molar-refractivity contribution in [2.45, 2.75) is 13.3 Å². The third kappa shape index (κ3) is 4.56. The van der Waals surface area contributed by atoms with E-state index in [1.807, 2.05) is 24.3 Å². The number of benzene rings is 2. The normalized spacial score (nSPS) is 10.0. The number of aryl methyl sites for hydroxylation is 1. The standard InChI is InChI=1S/C16H15IN2O2/c1-2-11-3-7-13(8-4-11)18-15(20)16(21)19-14-9-5-12(17)6-10-14/h3-10H,2H2,1H3,(H,18,20)(H,19,21). The largest absolute Gasteiger partial charge is 0.318 e. The lowest BCUT2D eigenvalue weighted by Gasteiger charge is -2.07. The molecule has 0 aliphatic rings. The summed E-state index contributed by atoms with van der Waals surface area (Å²) >= 11 is 2.17. The second kappa shape index (κ2) is 7.21. The van der Waals surface area contributed by atoms with Crippen LogP contribution in [0.3, 0.4) is 0 Å². The first kappa shape index (κ1) is 15.5. The quantitative estimate of drug-likeness (QED) is 0.619. The van der Waals surface area contributed by atoms with Gasteiger partial charge in [-0.15, -0.1) is 0 Å². The highest BCUT2D eigenvalue weighted by atomic mass is 127. The molecule has 0 saturated carbocycles. The molecule has 0 saturated heterocycles. The lowest BCUT2D eigenvalue weighted by Crippen LogP contribution is -2.29. The van der Waals surface area contributed by atoms with Crippen LogP contribution in [0.4, 0.5) is 11.4 Å². The van der Waals surface area contributed by atoms with Crippen LogP contribution in [-0.4, -0.2) is 11.8 Å². The Morgan fingerprint density at radius 1 is 0.857 bits per heavy atom. The summed E-state index contributed by atoms with van der Waals surface area (Å²) in [7, 11) is 0. The van der Waals surface area contributed by atoms with Gasteiger partial charge in [0.1, 0.15) is 0 Å². The van der Waals surface area contributed by atoms with Gasteiger partial charge in [0.05, 0.1) is 0 Å². The maximum atomic E-state index is 11.8. The molecule has 5 heteroatoms. The number of amides is 2. The van der Waals surface area contributed by atoms with Gasteiger partial charge >= 0.3 is 11.8 Å². The molecule has 2 rings (SSSR count). The Morgan fingerprint density at radius 3 is 1.71 bits per heavy atom. The van der Waals surface area contributed by atoms with Crippen molar-refractivity contribution in [1.82, 2.24) is 0 Å². The summed E-state index contributed by atoms with van der Waals surface area (Å²) in [5.74, 6) is -1.37. The van der Waals surface area contributed by atoms with Crippen LogP contribution in [0, 0.1) is 3.57 Å². The average Bonchev–Trinajstić information content (AvgIpc) is 2.50. The Hall–Kier alpha value is -1.89. The van der Waals surface area contributed by atoms with E-state index in [2.05, 4.69) is 40.1 Å². The van der Waals surface area contributed by atoms with Gasteiger partial charge in [-0.3, -0.25) is 9.59 Å². The van der Waals surface area contributed by atoms with Crippen molar-refractivity contribution < 1.29 is 9.59 Å². The first-order valence-electron chi connectivity index (χ1n) is 6.55. The Kier molecular flexibility index (Phi) is 5.32. The second-order valence-corrected chi connectivity index (χ2v) is 5.71. The van der Waals surface area contributed by atoms with Gasteiger partial charge in [0.2, 0.25) is 0 Å². The number of hydrogen-bond donors (Lipinski definition) is 2. The molecule has 2 aromatic carbocycles. The molecule has 2 amide bonds. The van der Waals surface area contributed by atoms with Gasteiger partial charge in [-0.05, 0) is 71.0 Å². The van der Waals surface area contributed by atoms with Gasteiger partial charge in [0.15, 0.2) is 0 Å². The average molecular weight is 394 g/mol. The van der Waals surface area contributed by atoms with Crippen molar-refractivity contribution in [3.63, 3.8) is 0 Å². The monoisotopic (exact) mass is 394 g/mol. The molecule has 108 valence electrons. The molecule has 0 atom stereocenters. The summed E-state index contributed by atoms with van der Waals surface area (Å²) in [5.41, 5.74) is 2.38. The minimum atomic E-state index is -0.684. The van der Waals surface area contributed by atoms with E-state index in [1.165, 1.54) is 5.56 Å². The number of anilines is 2. The zero-order valence-corrected chi connectivity index (χ0v) is 13.7. The molecular formula is C16H15IN2O2. The van der Waals surface area contributed by atoms with Crippen LogP contribution < -0.4 is 10.6 Å². The summed E-state index contributed by atoms with van der Waals surface area (Å²) < 4.78 is 1.06. The second-order valence-electron chi connectivity index (χ2n) is 4.47. The summed E-state index contributed by atoms with van der Waals surface area (Å²) in [6.07, 6.45) is 0.932. The van der Waals surface area contributed by atoms with Gasteiger partial charge in [-0.25, -0.2) is 0 Å². The maximum Gasteiger partial charge on any atom is 0.314 e. The number of rotatable bonds is 3. The van der Waals surface area contributed by atoms with E-state index in [1.54, 1.807) is 24.3 Å². The van der Waals surface area contributed by atoms with Gasteiger partial charge in [-0.2, -0.15) is 0 Å². The molecule has 2 N–H and O–H groups in total. The number of halogens is 1. The Balaban J connectivity index is 1.95. The van der Waals surface area contributed by atoms with Gasteiger partial charge in [0.25, 0.3) is 0 Å². The van der Waals surface area contributed by atoms with Crippen LogP contribution in [-0.2, 0) is 16.0 Å². The highest BCUT2D eigenvalue weighted by Gasteiger charge is 2.13. The number of nitrogens with one attached hydrogen (secondary N) is 2. The van der Waals surface area contributed by atoms with E-state index in [9.17, 15) is 9.59 Å². The molecule has 2 aromatic rings. The number of carbonyl (C=O) groups is 2. The summed E-state index contributed by atoms with van der Waals surface area (Å²) in [6.45, 7) is 2.06. The molecular weight excluding hydrogens is 379 g/mol. The summed E-state index contributed by atoms with van der Waals surface area (Å²) in [4.78, 5) is 23.6. The van der Waals surface area contributed by atoms with Crippen molar-refractivity contribution in [1.29, 1.82) is 0 Å². The highest BCUT2D eigenvalue weighted by Crippen LogP contribution is 2.12. The maximum absolute atomic E-state index is 11.8. The smallest absolute Gasteiger partial charge is 0.314 e. The topological polar surface area (TPSA) is 58.2 Å². The minimum absolute atomic E-state index is 0.594. The zero-order chi connectivity index (χ0) is 15.2. The van der Waals surface area contributed by atoms with E-state index in [-0.39, 0.29) is 0 Å². The number of carbonyl (C=O) groups excluding carboxylic acids is 2. The Bertz CT molecular complexity index is 636. The van der Waals surface area contributed by atoms with Crippen LogP contribution in [0.2, 0.25) is 0 Å². The van der Waals surface area contributed by atoms with Crippen LogP contribution in [0.25, 0.3) is 0 Å². The molecule has 0 aliphatic carbocycles. The molecule has 0 bridgehead atoms. The molecule has 0 fully saturated rings. The highest BCUT2D eigenvalue weighted by molar-refractivity contribution is 14.1. The molecule has 0 aromatic heterocycles. The predicted molar refractivity (Wildman–Crippen MR) is 92.2 cm³/mol. The Labute approximate surface area is 137 Å². The summed E-state index contributed by atoms with van der Waals surface area (Å²) in [5, 5.41) is 5.13. The fourth-order valence-electron chi connectivity index (χ4n) is 1.73. The minimum Gasteiger partial charge on any atom is -0.318 e. The molecule has 21 heavy (non-hydrogen) atoms. The zero-order valence-electron chi connectivity index (χ0n) is 11.5. The third-order valence-electron chi connectivity index (χ3n) is 2.93. The molecule has 0 aliphatic heterocycles. The molecule has 0 spiro atoms. The van der Waals surface area contributed by atoms with E-state index in [4.69, 9.17) is 0 Å². The van der Waals surface area contributed by atoms with Crippen LogP contribution in [0.1, 0.15) is 12.5 Å². The van der Waals surface area contributed by atoms with Gasteiger partial charge < -0.3 is 10.6 Å². The molecule has 0 radical (unpaired) electrons.